The number of hydrogen-bond donors (Lipinski definition) is 1. The quantitative estimate of drug-likeness (QED) is 0.793. The summed E-state index contributed by atoms with van der Waals surface area (Å²) in [5, 5.41) is 11.1. The van der Waals surface area contributed by atoms with Crippen LogP contribution in [0.1, 0.15) is 43.2 Å². The van der Waals surface area contributed by atoms with Gasteiger partial charge in [-0.2, -0.15) is 0 Å². The third kappa shape index (κ3) is 5.39. The first-order valence-corrected chi connectivity index (χ1v) is 10.6. The summed E-state index contributed by atoms with van der Waals surface area (Å²) in [6.45, 7) is 7.06. The Morgan fingerprint density at radius 2 is 2.07 bits per heavy atom. The molecule has 0 aliphatic carbocycles. The molecular formula is C21H30N6O2. The SMILES string of the molecule is Cc1nnc(CN2CCC(N3CCCC(C(=O)NCc4ccccn4)C3)CC2)o1. The van der Waals surface area contributed by atoms with Crippen LogP contribution in [-0.2, 0) is 17.9 Å². The van der Waals surface area contributed by atoms with Crippen LogP contribution in [-0.4, -0.2) is 63.1 Å². The van der Waals surface area contributed by atoms with Crippen molar-refractivity contribution in [3.05, 3.63) is 41.9 Å². The number of rotatable bonds is 6. The Morgan fingerprint density at radius 3 is 2.79 bits per heavy atom. The average Bonchev–Trinajstić information content (AvgIpc) is 3.18. The predicted molar refractivity (Wildman–Crippen MR) is 108 cm³/mol. The van der Waals surface area contributed by atoms with Gasteiger partial charge in [0.25, 0.3) is 0 Å². The van der Waals surface area contributed by atoms with Crippen molar-refractivity contribution in [1.29, 1.82) is 0 Å². The fourth-order valence-electron chi connectivity index (χ4n) is 4.41. The molecule has 29 heavy (non-hydrogen) atoms. The molecule has 1 amide bonds. The van der Waals surface area contributed by atoms with E-state index in [2.05, 4.69) is 30.3 Å². The Balaban J connectivity index is 1.23. The molecule has 156 valence electrons. The van der Waals surface area contributed by atoms with Gasteiger partial charge < -0.3 is 9.73 Å². The van der Waals surface area contributed by atoms with Gasteiger partial charge in [0.1, 0.15) is 0 Å². The van der Waals surface area contributed by atoms with Crippen molar-refractivity contribution in [1.82, 2.24) is 30.3 Å². The van der Waals surface area contributed by atoms with Gasteiger partial charge >= 0.3 is 0 Å². The monoisotopic (exact) mass is 398 g/mol. The van der Waals surface area contributed by atoms with Gasteiger partial charge in [-0.15, -0.1) is 10.2 Å². The van der Waals surface area contributed by atoms with E-state index < -0.39 is 0 Å². The highest BCUT2D eigenvalue weighted by Gasteiger charge is 2.31. The Morgan fingerprint density at radius 1 is 1.21 bits per heavy atom. The van der Waals surface area contributed by atoms with Gasteiger partial charge in [-0.1, -0.05) is 6.07 Å². The largest absolute Gasteiger partial charge is 0.424 e. The fourth-order valence-corrected chi connectivity index (χ4v) is 4.41. The van der Waals surface area contributed by atoms with Crippen LogP contribution >= 0.6 is 0 Å². The molecule has 0 saturated carbocycles. The Labute approximate surface area is 171 Å². The van der Waals surface area contributed by atoms with Crippen molar-refractivity contribution in [2.75, 3.05) is 26.2 Å². The van der Waals surface area contributed by atoms with Gasteiger partial charge in [0.2, 0.25) is 17.7 Å². The van der Waals surface area contributed by atoms with Crippen LogP contribution in [0.4, 0.5) is 0 Å². The average molecular weight is 399 g/mol. The van der Waals surface area contributed by atoms with E-state index in [9.17, 15) is 4.79 Å². The fraction of sp³-hybridized carbons (Fsp3) is 0.619. The number of pyridine rings is 1. The minimum Gasteiger partial charge on any atom is -0.424 e. The van der Waals surface area contributed by atoms with Crippen molar-refractivity contribution in [2.24, 2.45) is 5.92 Å². The molecule has 1 N–H and O–H groups in total. The number of aromatic nitrogens is 3. The van der Waals surface area contributed by atoms with E-state index in [1.165, 1.54) is 0 Å². The molecule has 4 rings (SSSR count). The minimum absolute atomic E-state index is 0.0758. The van der Waals surface area contributed by atoms with Crippen LogP contribution in [0, 0.1) is 12.8 Å². The summed E-state index contributed by atoms with van der Waals surface area (Å²) in [5.74, 6) is 1.55. The number of nitrogens with zero attached hydrogens (tertiary/aromatic N) is 5. The topological polar surface area (TPSA) is 87.4 Å². The van der Waals surface area contributed by atoms with Crippen molar-refractivity contribution < 1.29 is 9.21 Å². The molecule has 2 aliphatic heterocycles. The number of carbonyl (C=O) groups excluding carboxylic acids is 1. The molecule has 2 aliphatic rings. The molecule has 0 bridgehead atoms. The van der Waals surface area contributed by atoms with Crippen LogP contribution < -0.4 is 5.32 Å². The normalized spacial score (nSPS) is 21.9. The van der Waals surface area contributed by atoms with Crippen molar-refractivity contribution in [3.63, 3.8) is 0 Å². The van der Waals surface area contributed by atoms with Gasteiger partial charge in [-0.05, 0) is 44.4 Å². The molecule has 0 spiro atoms. The zero-order chi connectivity index (χ0) is 20.1. The molecule has 1 atom stereocenters. The summed E-state index contributed by atoms with van der Waals surface area (Å²) in [7, 11) is 0. The second kappa shape index (κ2) is 9.45. The van der Waals surface area contributed by atoms with E-state index in [4.69, 9.17) is 4.42 Å². The summed E-state index contributed by atoms with van der Waals surface area (Å²) >= 11 is 0. The predicted octanol–water partition coefficient (Wildman–Crippen LogP) is 1.77. The van der Waals surface area contributed by atoms with Crippen LogP contribution in [0.5, 0.6) is 0 Å². The lowest BCUT2D eigenvalue weighted by Gasteiger charge is -2.41. The summed E-state index contributed by atoms with van der Waals surface area (Å²) in [5.41, 5.74) is 0.900. The van der Waals surface area contributed by atoms with E-state index in [0.29, 0.717) is 24.4 Å². The van der Waals surface area contributed by atoms with Crippen molar-refractivity contribution in [2.45, 2.75) is 51.7 Å². The van der Waals surface area contributed by atoms with Gasteiger partial charge in [0, 0.05) is 38.8 Å². The molecule has 1 unspecified atom stereocenters. The number of aryl methyl sites for hydroxylation is 1. The summed E-state index contributed by atoms with van der Waals surface area (Å²) in [6, 6.07) is 6.33. The molecular weight excluding hydrogens is 368 g/mol. The molecule has 0 radical (unpaired) electrons. The van der Waals surface area contributed by atoms with Gasteiger partial charge in [0.15, 0.2) is 0 Å². The van der Waals surface area contributed by atoms with E-state index >= 15 is 0 Å². The van der Waals surface area contributed by atoms with E-state index in [-0.39, 0.29) is 11.8 Å². The van der Waals surface area contributed by atoms with E-state index in [1.807, 2.05) is 25.1 Å². The highest BCUT2D eigenvalue weighted by atomic mass is 16.4. The lowest BCUT2D eigenvalue weighted by molar-refractivity contribution is -0.127. The van der Waals surface area contributed by atoms with Crippen LogP contribution in [0.25, 0.3) is 0 Å². The standard InChI is InChI=1S/C21H30N6O2/c1-16-24-25-20(29-16)15-26-11-7-19(8-12-26)27-10-4-5-17(14-27)21(28)23-13-18-6-2-3-9-22-18/h2-3,6,9,17,19H,4-5,7-8,10-15H2,1H3,(H,23,28). The van der Waals surface area contributed by atoms with Crippen LogP contribution in [0.2, 0.25) is 0 Å². The zero-order valence-corrected chi connectivity index (χ0v) is 17.1. The molecule has 2 aromatic heterocycles. The Bertz CT molecular complexity index is 787. The molecule has 4 heterocycles. The number of nitrogens with one attached hydrogen (secondary N) is 1. The van der Waals surface area contributed by atoms with Gasteiger partial charge in [-0.3, -0.25) is 19.6 Å². The van der Waals surface area contributed by atoms with Crippen molar-refractivity contribution >= 4 is 5.91 Å². The molecule has 0 aromatic carbocycles. The van der Waals surface area contributed by atoms with Crippen LogP contribution in [0.3, 0.4) is 0 Å². The lowest BCUT2D eigenvalue weighted by atomic mass is 9.93. The van der Waals surface area contributed by atoms with Gasteiger partial charge in [0.05, 0.1) is 24.7 Å². The number of likely N-dealkylation sites (tertiary alicyclic amines) is 2. The summed E-state index contributed by atoms with van der Waals surface area (Å²) < 4.78 is 5.50. The van der Waals surface area contributed by atoms with E-state index in [0.717, 1.165) is 64.1 Å². The highest BCUT2D eigenvalue weighted by Crippen LogP contribution is 2.24. The second-order valence-corrected chi connectivity index (χ2v) is 8.10. The first kappa shape index (κ1) is 20.0. The summed E-state index contributed by atoms with van der Waals surface area (Å²) in [4.78, 5) is 21.8. The molecule has 8 heteroatoms. The van der Waals surface area contributed by atoms with E-state index in [1.54, 1.807) is 6.20 Å². The smallest absolute Gasteiger partial charge is 0.230 e. The third-order valence-electron chi connectivity index (χ3n) is 5.99. The first-order chi connectivity index (χ1) is 14.2. The van der Waals surface area contributed by atoms with Crippen LogP contribution in [0.15, 0.2) is 28.8 Å². The third-order valence-corrected chi connectivity index (χ3v) is 5.99. The number of hydrogen-bond acceptors (Lipinski definition) is 7. The van der Waals surface area contributed by atoms with Crippen molar-refractivity contribution in [3.8, 4) is 0 Å². The zero-order valence-electron chi connectivity index (χ0n) is 17.1. The summed E-state index contributed by atoms with van der Waals surface area (Å²) in [6.07, 6.45) is 6.06. The highest BCUT2D eigenvalue weighted by molar-refractivity contribution is 5.78. The second-order valence-electron chi connectivity index (χ2n) is 8.10. The van der Waals surface area contributed by atoms with Gasteiger partial charge in [-0.25, -0.2) is 0 Å². The first-order valence-electron chi connectivity index (χ1n) is 10.6. The molecule has 2 aromatic rings. The number of piperidine rings is 2. The lowest BCUT2D eigenvalue weighted by Crippen LogP contribution is -2.50. The maximum absolute atomic E-state index is 12.7. The number of carbonyl (C=O) groups is 1. The Kier molecular flexibility index (Phi) is 6.51. The maximum Gasteiger partial charge on any atom is 0.230 e. The number of amides is 1. The minimum atomic E-state index is 0.0758. The maximum atomic E-state index is 12.7. The molecule has 8 nitrogen and oxygen atoms in total. The molecule has 2 fully saturated rings. The molecule has 2 saturated heterocycles. The Hall–Kier alpha value is -2.32.